The van der Waals surface area contributed by atoms with Gasteiger partial charge in [0.25, 0.3) is 5.91 Å². The van der Waals surface area contributed by atoms with Crippen LogP contribution in [-0.4, -0.2) is 41.3 Å². The molecule has 1 N–H and O–H groups in total. The lowest BCUT2D eigenvalue weighted by molar-refractivity contribution is -0.121. The first-order valence-electron chi connectivity index (χ1n) is 11.6. The Kier molecular flexibility index (Phi) is 7.00. The minimum Gasteiger partial charge on any atom is -0.356 e. The molecule has 1 aromatic heterocycles. The Morgan fingerprint density at radius 3 is 2.39 bits per heavy atom. The van der Waals surface area contributed by atoms with E-state index in [1.54, 1.807) is 6.20 Å². The number of carbonyl (C=O) groups is 2. The first kappa shape index (κ1) is 21.5. The maximum absolute atomic E-state index is 12.8. The van der Waals surface area contributed by atoms with Crippen LogP contribution in [0.1, 0.15) is 59.3 Å². The van der Waals surface area contributed by atoms with Gasteiger partial charge in [0.05, 0.1) is 5.56 Å². The Morgan fingerprint density at radius 1 is 1.00 bits per heavy atom. The average Bonchev–Trinajstić information content (AvgIpc) is 3.62. The monoisotopic (exact) mass is 419 g/mol. The summed E-state index contributed by atoms with van der Waals surface area (Å²) in [5, 5.41) is 3.03. The van der Waals surface area contributed by atoms with E-state index < -0.39 is 0 Å². The second-order valence-corrected chi connectivity index (χ2v) is 9.14. The van der Waals surface area contributed by atoms with Crippen LogP contribution in [0.25, 0.3) is 0 Å². The lowest BCUT2D eigenvalue weighted by Crippen LogP contribution is -2.39. The first-order chi connectivity index (χ1) is 15.1. The third-order valence-electron chi connectivity index (χ3n) is 6.61. The van der Waals surface area contributed by atoms with Crippen LogP contribution in [0.5, 0.6) is 0 Å². The summed E-state index contributed by atoms with van der Waals surface area (Å²) in [6.07, 6.45) is 8.74. The van der Waals surface area contributed by atoms with E-state index in [1.165, 1.54) is 24.0 Å². The third-order valence-corrected chi connectivity index (χ3v) is 6.61. The topological polar surface area (TPSA) is 62.3 Å². The molecule has 2 heterocycles. The number of pyridine rings is 1. The number of rotatable bonds is 8. The lowest BCUT2D eigenvalue weighted by atomic mass is 9.89. The SMILES string of the molecule is Cc1ncccc1C(=O)N1CCC(Cc2ccc(CCC(=O)NCC3CC3)cc2)CC1. The minimum atomic E-state index is 0.106. The van der Waals surface area contributed by atoms with Crippen molar-refractivity contribution in [2.75, 3.05) is 19.6 Å². The highest BCUT2D eigenvalue weighted by molar-refractivity contribution is 5.95. The van der Waals surface area contributed by atoms with E-state index in [2.05, 4.69) is 34.6 Å². The Hall–Kier alpha value is -2.69. The van der Waals surface area contributed by atoms with Gasteiger partial charge in [0.1, 0.15) is 0 Å². The van der Waals surface area contributed by atoms with E-state index >= 15 is 0 Å². The second-order valence-electron chi connectivity index (χ2n) is 9.14. The molecule has 1 aliphatic carbocycles. The molecule has 1 saturated carbocycles. The quantitative estimate of drug-likeness (QED) is 0.705. The normalized spacial score (nSPS) is 16.9. The molecule has 1 saturated heterocycles. The van der Waals surface area contributed by atoms with Crippen molar-refractivity contribution in [2.24, 2.45) is 11.8 Å². The van der Waals surface area contributed by atoms with E-state index in [-0.39, 0.29) is 11.8 Å². The van der Waals surface area contributed by atoms with E-state index in [1.807, 2.05) is 24.0 Å². The van der Waals surface area contributed by atoms with Crippen LogP contribution in [-0.2, 0) is 17.6 Å². The number of nitrogens with one attached hydrogen (secondary N) is 1. The third kappa shape index (κ3) is 6.16. The Labute approximate surface area is 185 Å². The number of nitrogens with zero attached hydrogens (tertiary/aromatic N) is 2. The molecule has 0 spiro atoms. The second kappa shape index (κ2) is 10.1. The van der Waals surface area contributed by atoms with Gasteiger partial charge in [-0.3, -0.25) is 14.6 Å². The highest BCUT2D eigenvalue weighted by atomic mass is 16.2. The van der Waals surface area contributed by atoms with E-state index in [9.17, 15) is 9.59 Å². The zero-order chi connectivity index (χ0) is 21.6. The standard InChI is InChI=1S/C26H33N3O2/c1-19-24(3-2-14-27-19)26(31)29-15-12-22(13-16-29)17-21-6-4-20(5-7-21)10-11-25(30)28-18-23-8-9-23/h2-7,14,22-23H,8-13,15-18H2,1H3,(H,28,30). The molecule has 4 rings (SSSR count). The van der Waals surface area contributed by atoms with Gasteiger partial charge in [0.15, 0.2) is 0 Å². The van der Waals surface area contributed by atoms with Crippen LogP contribution in [0, 0.1) is 18.8 Å². The maximum atomic E-state index is 12.8. The summed E-state index contributed by atoms with van der Waals surface area (Å²) < 4.78 is 0. The van der Waals surface area contributed by atoms with Crippen LogP contribution in [0.15, 0.2) is 42.6 Å². The van der Waals surface area contributed by atoms with Crippen molar-refractivity contribution >= 4 is 11.8 Å². The van der Waals surface area contributed by atoms with Crippen LogP contribution in [0.4, 0.5) is 0 Å². The molecule has 5 nitrogen and oxygen atoms in total. The van der Waals surface area contributed by atoms with Crippen molar-refractivity contribution in [1.82, 2.24) is 15.2 Å². The zero-order valence-electron chi connectivity index (χ0n) is 18.5. The summed E-state index contributed by atoms with van der Waals surface area (Å²) in [6.45, 7) is 4.37. The summed E-state index contributed by atoms with van der Waals surface area (Å²) >= 11 is 0. The number of carbonyl (C=O) groups excluding carboxylic acids is 2. The van der Waals surface area contributed by atoms with Gasteiger partial charge in [-0.15, -0.1) is 0 Å². The Bertz CT molecular complexity index is 897. The number of likely N-dealkylation sites (tertiary alicyclic amines) is 1. The number of amides is 2. The van der Waals surface area contributed by atoms with Gasteiger partial charge in [-0.05, 0) is 80.5 Å². The van der Waals surface area contributed by atoms with Crippen LogP contribution in [0.3, 0.4) is 0 Å². The molecule has 1 aromatic carbocycles. The summed E-state index contributed by atoms with van der Waals surface area (Å²) in [7, 11) is 0. The zero-order valence-corrected chi connectivity index (χ0v) is 18.5. The van der Waals surface area contributed by atoms with Crippen molar-refractivity contribution in [1.29, 1.82) is 0 Å². The highest BCUT2D eigenvalue weighted by Crippen LogP contribution is 2.27. The first-order valence-corrected chi connectivity index (χ1v) is 11.6. The predicted octanol–water partition coefficient (Wildman–Crippen LogP) is 3.94. The highest BCUT2D eigenvalue weighted by Gasteiger charge is 2.25. The molecule has 2 aliphatic rings. The Morgan fingerprint density at radius 2 is 1.71 bits per heavy atom. The van der Waals surface area contributed by atoms with Crippen molar-refractivity contribution < 1.29 is 9.59 Å². The predicted molar refractivity (Wildman–Crippen MR) is 122 cm³/mol. The molecule has 1 aliphatic heterocycles. The van der Waals surface area contributed by atoms with E-state index in [0.29, 0.717) is 12.3 Å². The van der Waals surface area contributed by atoms with Gasteiger partial charge in [0, 0.05) is 37.9 Å². The summed E-state index contributed by atoms with van der Waals surface area (Å²) in [5.41, 5.74) is 4.08. The number of aromatic nitrogens is 1. The van der Waals surface area contributed by atoms with Gasteiger partial charge >= 0.3 is 0 Å². The van der Waals surface area contributed by atoms with Gasteiger partial charge in [-0.2, -0.15) is 0 Å². The molecule has 0 atom stereocenters. The molecule has 5 heteroatoms. The van der Waals surface area contributed by atoms with Gasteiger partial charge < -0.3 is 10.2 Å². The number of piperidine rings is 1. The van der Waals surface area contributed by atoms with Crippen molar-refractivity contribution in [3.63, 3.8) is 0 Å². The van der Waals surface area contributed by atoms with Crippen molar-refractivity contribution in [3.8, 4) is 0 Å². The minimum absolute atomic E-state index is 0.106. The van der Waals surface area contributed by atoms with Crippen molar-refractivity contribution in [3.05, 3.63) is 65.0 Å². The number of hydrogen-bond acceptors (Lipinski definition) is 3. The molecule has 0 unspecified atom stereocenters. The molecule has 164 valence electrons. The van der Waals surface area contributed by atoms with Gasteiger partial charge in [0.2, 0.25) is 5.91 Å². The molecule has 2 amide bonds. The molecule has 0 radical (unpaired) electrons. The summed E-state index contributed by atoms with van der Waals surface area (Å²) in [6, 6.07) is 12.4. The fourth-order valence-electron chi connectivity index (χ4n) is 4.32. The number of aryl methyl sites for hydroxylation is 2. The molecule has 2 aromatic rings. The maximum Gasteiger partial charge on any atom is 0.255 e. The molecular weight excluding hydrogens is 386 g/mol. The fourth-order valence-corrected chi connectivity index (χ4v) is 4.32. The van der Waals surface area contributed by atoms with Crippen LogP contribution >= 0.6 is 0 Å². The molecule has 31 heavy (non-hydrogen) atoms. The number of hydrogen-bond donors (Lipinski definition) is 1. The largest absolute Gasteiger partial charge is 0.356 e. The van der Waals surface area contributed by atoms with Crippen LogP contribution in [0.2, 0.25) is 0 Å². The van der Waals surface area contributed by atoms with E-state index in [0.717, 1.165) is 62.5 Å². The molecule has 2 fully saturated rings. The lowest BCUT2D eigenvalue weighted by Gasteiger charge is -2.32. The molecule has 0 bridgehead atoms. The average molecular weight is 420 g/mol. The van der Waals surface area contributed by atoms with Gasteiger partial charge in [-0.1, -0.05) is 24.3 Å². The fraction of sp³-hybridized carbons (Fsp3) is 0.500. The van der Waals surface area contributed by atoms with E-state index in [4.69, 9.17) is 0 Å². The summed E-state index contributed by atoms with van der Waals surface area (Å²) in [5.74, 6) is 1.61. The van der Waals surface area contributed by atoms with Crippen molar-refractivity contribution in [2.45, 2.75) is 51.9 Å². The number of benzene rings is 1. The van der Waals surface area contributed by atoms with Crippen LogP contribution < -0.4 is 5.32 Å². The smallest absolute Gasteiger partial charge is 0.255 e. The Balaban J connectivity index is 1.20. The van der Waals surface area contributed by atoms with Gasteiger partial charge in [-0.25, -0.2) is 0 Å². The molecular formula is C26H33N3O2. The summed E-state index contributed by atoms with van der Waals surface area (Å²) in [4.78, 5) is 30.9.